The highest BCUT2D eigenvalue weighted by molar-refractivity contribution is 5.45. The van der Waals surface area contributed by atoms with E-state index in [1.807, 2.05) is 0 Å². The van der Waals surface area contributed by atoms with Crippen LogP contribution in [0.15, 0.2) is 30.3 Å². The Hall–Kier alpha value is -1.02. The van der Waals surface area contributed by atoms with Crippen LogP contribution in [0.4, 0.5) is 5.69 Å². The van der Waals surface area contributed by atoms with Crippen LogP contribution < -0.4 is 10.2 Å². The summed E-state index contributed by atoms with van der Waals surface area (Å²) in [6.07, 6.45) is 5.08. The molecule has 1 aromatic rings. The average Bonchev–Trinajstić information content (AvgIpc) is 2.46. The molecule has 2 heteroatoms. The van der Waals surface area contributed by atoms with Crippen LogP contribution >= 0.6 is 0 Å². The molecule has 2 nitrogen and oxygen atoms in total. The number of benzene rings is 1. The lowest BCUT2D eigenvalue weighted by Gasteiger charge is -2.24. The van der Waals surface area contributed by atoms with Crippen LogP contribution in [-0.4, -0.2) is 26.2 Å². The number of hydrogen-bond donors (Lipinski definition) is 1. The maximum atomic E-state index is 3.52. The number of unbranched alkanes of at least 4 members (excludes halogenated alkanes) is 2. The van der Waals surface area contributed by atoms with Crippen LogP contribution in [-0.2, 0) is 0 Å². The molecule has 0 saturated carbocycles. The fourth-order valence-electron chi connectivity index (χ4n) is 2.30. The Balaban J connectivity index is 2.27. The molecule has 0 unspecified atom stereocenters. The van der Waals surface area contributed by atoms with Gasteiger partial charge in [-0.1, -0.05) is 45.4 Å². The zero-order valence-electron chi connectivity index (χ0n) is 13.6. The highest BCUT2D eigenvalue weighted by Gasteiger charge is 2.04. The Morgan fingerprint density at radius 1 is 1.00 bits per heavy atom. The summed E-state index contributed by atoms with van der Waals surface area (Å²) in [6, 6.07) is 10.8. The summed E-state index contributed by atoms with van der Waals surface area (Å²) in [5.41, 5.74) is 1.37. The van der Waals surface area contributed by atoms with Gasteiger partial charge in [0.15, 0.2) is 0 Å². The minimum atomic E-state index is 0.750. The molecule has 0 heterocycles. The quantitative estimate of drug-likeness (QED) is 0.606. The smallest absolute Gasteiger partial charge is 0.0366 e. The fourth-order valence-corrected chi connectivity index (χ4v) is 2.30. The summed E-state index contributed by atoms with van der Waals surface area (Å²) in [5, 5.41) is 3.52. The van der Waals surface area contributed by atoms with Crippen molar-refractivity contribution in [3.63, 3.8) is 0 Å². The number of anilines is 1. The molecule has 0 atom stereocenters. The van der Waals surface area contributed by atoms with Gasteiger partial charge in [-0.3, -0.25) is 0 Å². The Morgan fingerprint density at radius 2 is 1.70 bits per heavy atom. The number of rotatable bonds is 11. The highest BCUT2D eigenvalue weighted by Crippen LogP contribution is 2.14. The van der Waals surface area contributed by atoms with Gasteiger partial charge in [0.2, 0.25) is 0 Å². The number of nitrogens with one attached hydrogen (secondary N) is 1. The molecule has 1 aromatic carbocycles. The molecular weight excluding hydrogens is 244 g/mol. The van der Waals surface area contributed by atoms with Gasteiger partial charge in [-0.25, -0.2) is 0 Å². The van der Waals surface area contributed by atoms with Crippen molar-refractivity contribution in [3.05, 3.63) is 30.3 Å². The lowest BCUT2D eigenvalue weighted by Crippen LogP contribution is -2.27. The van der Waals surface area contributed by atoms with Gasteiger partial charge in [0.25, 0.3) is 0 Å². The molecule has 0 aliphatic heterocycles. The van der Waals surface area contributed by atoms with E-state index in [9.17, 15) is 0 Å². The Labute approximate surface area is 125 Å². The van der Waals surface area contributed by atoms with E-state index in [0.29, 0.717) is 0 Å². The molecule has 0 bridgehead atoms. The second-order valence-electron chi connectivity index (χ2n) is 5.98. The second kappa shape index (κ2) is 10.7. The van der Waals surface area contributed by atoms with Crippen molar-refractivity contribution in [1.82, 2.24) is 5.32 Å². The third-order valence-corrected chi connectivity index (χ3v) is 3.49. The van der Waals surface area contributed by atoms with Crippen molar-refractivity contribution in [2.45, 2.75) is 46.5 Å². The SMILES string of the molecule is CCCCN(CCCCNCC(C)C)c1ccccc1. The molecule has 0 saturated heterocycles. The minimum absolute atomic E-state index is 0.750. The summed E-state index contributed by atoms with van der Waals surface area (Å²) >= 11 is 0. The van der Waals surface area contributed by atoms with Crippen molar-refractivity contribution in [3.8, 4) is 0 Å². The number of para-hydroxylation sites is 1. The molecule has 0 radical (unpaired) electrons. The molecule has 0 spiro atoms. The highest BCUT2D eigenvalue weighted by atomic mass is 15.1. The first-order valence-electron chi connectivity index (χ1n) is 8.24. The maximum absolute atomic E-state index is 3.52. The van der Waals surface area contributed by atoms with Crippen molar-refractivity contribution >= 4 is 5.69 Å². The predicted octanol–water partition coefficient (Wildman–Crippen LogP) is 4.32. The van der Waals surface area contributed by atoms with Crippen LogP contribution in [0.1, 0.15) is 46.5 Å². The van der Waals surface area contributed by atoms with E-state index in [1.54, 1.807) is 0 Å². The molecule has 0 amide bonds. The summed E-state index contributed by atoms with van der Waals surface area (Å²) in [7, 11) is 0. The van der Waals surface area contributed by atoms with E-state index < -0.39 is 0 Å². The first-order valence-corrected chi connectivity index (χ1v) is 8.24. The fraction of sp³-hybridized carbons (Fsp3) is 0.667. The Kier molecular flexibility index (Phi) is 9.14. The van der Waals surface area contributed by atoms with E-state index in [1.165, 1.54) is 44.5 Å². The predicted molar refractivity (Wildman–Crippen MR) is 90.5 cm³/mol. The molecule has 0 aromatic heterocycles. The molecular formula is C18H32N2. The lowest BCUT2D eigenvalue weighted by molar-refractivity contribution is 0.533. The summed E-state index contributed by atoms with van der Waals surface area (Å²) in [6.45, 7) is 11.4. The largest absolute Gasteiger partial charge is 0.372 e. The zero-order chi connectivity index (χ0) is 14.6. The first-order chi connectivity index (χ1) is 9.74. The van der Waals surface area contributed by atoms with Crippen LogP contribution in [0.5, 0.6) is 0 Å². The molecule has 0 fully saturated rings. The molecule has 0 aliphatic rings. The van der Waals surface area contributed by atoms with Gasteiger partial charge in [-0.15, -0.1) is 0 Å². The van der Waals surface area contributed by atoms with Crippen molar-refractivity contribution in [2.24, 2.45) is 5.92 Å². The van der Waals surface area contributed by atoms with Gasteiger partial charge in [0, 0.05) is 18.8 Å². The normalized spacial score (nSPS) is 11.0. The topological polar surface area (TPSA) is 15.3 Å². The van der Waals surface area contributed by atoms with Gasteiger partial charge in [-0.2, -0.15) is 0 Å². The van der Waals surface area contributed by atoms with Gasteiger partial charge >= 0.3 is 0 Å². The monoisotopic (exact) mass is 276 g/mol. The summed E-state index contributed by atoms with van der Waals surface area (Å²) < 4.78 is 0. The van der Waals surface area contributed by atoms with Gasteiger partial charge in [0.05, 0.1) is 0 Å². The lowest BCUT2D eigenvalue weighted by atomic mass is 10.2. The van der Waals surface area contributed by atoms with E-state index in [4.69, 9.17) is 0 Å². The van der Waals surface area contributed by atoms with Crippen LogP contribution in [0.25, 0.3) is 0 Å². The van der Waals surface area contributed by atoms with E-state index in [2.05, 4.69) is 61.3 Å². The molecule has 114 valence electrons. The van der Waals surface area contributed by atoms with E-state index in [0.717, 1.165) is 19.0 Å². The summed E-state index contributed by atoms with van der Waals surface area (Å²) in [5.74, 6) is 0.750. The van der Waals surface area contributed by atoms with Crippen LogP contribution in [0, 0.1) is 5.92 Å². The molecule has 0 aliphatic carbocycles. The number of hydrogen-bond acceptors (Lipinski definition) is 2. The van der Waals surface area contributed by atoms with Crippen LogP contribution in [0.3, 0.4) is 0 Å². The third kappa shape index (κ3) is 7.54. The number of nitrogens with zero attached hydrogens (tertiary/aromatic N) is 1. The minimum Gasteiger partial charge on any atom is -0.372 e. The molecule has 20 heavy (non-hydrogen) atoms. The third-order valence-electron chi connectivity index (χ3n) is 3.49. The molecule has 1 rings (SSSR count). The van der Waals surface area contributed by atoms with E-state index in [-0.39, 0.29) is 0 Å². The second-order valence-corrected chi connectivity index (χ2v) is 5.98. The standard InChI is InChI=1S/C18H32N2/c1-4-5-14-20(18-11-7-6-8-12-18)15-10-9-13-19-16-17(2)3/h6-8,11-12,17,19H,4-5,9-10,13-16H2,1-3H3. The van der Waals surface area contributed by atoms with Gasteiger partial charge in [-0.05, 0) is 50.4 Å². The van der Waals surface area contributed by atoms with Gasteiger partial charge in [0.1, 0.15) is 0 Å². The first kappa shape index (κ1) is 17.0. The Bertz CT molecular complexity index is 321. The van der Waals surface area contributed by atoms with E-state index >= 15 is 0 Å². The Morgan fingerprint density at radius 3 is 2.35 bits per heavy atom. The van der Waals surface area contributed by atoms with Crippen molar-refractivity contribution in [2.75, 3.05) is 31.1 Å². The van der Waals surface area contributed by atoms with Crippen LogP contribution in [0.2, 0.25) is 0 Å². The zero-order valence-corrected chi connectivity index (χ0v) is 13.6. The summed E-state index contributed by atoms with van der Waals surface area (Å²) in [4.78, 5) is 2.53. The van der Waals surface area contributed by atoms with Crippen molar-refractivity contribution in [1.29, 1.82) is 0 Å². The molecule has 1 N–H and O–H groups in total. The van der Waals surface area contributed by atoms with Crippen molar-refractivity contribution < 1.29 is 0 Å². The average molecular weight is 276 g/mol. The maximum Gasteiger partial charge on any atom is 0.0366 e. The van der Waals surface area contributed by atoms with Gasteiger partial charge < -0.3 is 10.2 Å².